The summed E-state index contributed by atoms with van der Waals surface area (Å²) in [6.07, 6.45) is 7.07. The van der Waals surface area contributed by atoms with Gasteiger partial charge in [0.05, 0.1) is 12.2 Å². The predicted octanol–water partition coefficient (Wildman–Crippen LogP) is 4.71. The van der Waals surface area contributed by atoms with E-state index in [-0.39, 0.29) is 6.10 Å². The molecule has 0 bridgehead atoms. The van der Waals surface area contributed by atoms with Crippen LogP contribution in [0, 0.1) is 0 Å². The Bertz CT molecular complexity index is 715. The predicted molar refractivity (Wildman–Crippen MR) is 101 cm³/mol. The summed E-state index contributed by atoms with van der Waals surface area (Å²) in [7, 11) is 0. The average Bonchev–Trinajstić information content (AvgIpc) is 3.29. The minimum absolute atomic E-state index is 0.154. The first-order valence-corrected chi connectivity index (χ1v) is 10.2. The van der Waals surface area contributed by atoms with Crippen LogP contribution in [0.2, 0.25) is 0 Å². The van der Waals surface area contributed by atoms with Gasteiger partial charge in [-0.3, -0.25) is 10.00 Å². The molecule has 142 valence electrons. The summed E-state index contributed by atoms with van der Waals surface area (Å²) in [6, 6.07) is 4.23. The molecule has 4 rings (SSSR count). The Labute approximate surface area is 156 Å². The lowest BCUT2D eigenvalue weighted by molar-refractivity contribution is 0.000798. The lowest BCUT2D eigenvalue weighted by atomic mass is 9.95. The third-order valence-corrected chi connectivity index (χ3v) is 5.79. The quantitative estimate of drug-likeness (QED) is 0.814. The number of rotatable bonds is 6. The van der Waals surface area contributed by atoms with Crippen LogP contribution in [0.4, 0.5) is 0 Å². The fourth-order valence-electron chi connectivity index (χ4n) is 4.32. The molecule has 0 amide bonds. The number of fused-ring (bicyclic) bond motifs is 1. The van der Waals surface area contributed by atoms with Gasteiger partial charge in [-0.05, 0) is 37.8 Å². The van der Waals surface area contributed by atoms with Gasteiger partial charge in [0.25, 0.3) is 0 Å². The van der Waals surface area contributed by atoms with E-state index in [0.29, 0.717) is 5.92 Å². The molecule has 2 aromatic heterocycles. The maximum Gasteiger partial charge on any atom is 0.133 e. The lowest BCUT2D eigenvalue weighted by Gasteiger charge is -2.27. The number of hydrogen-bond donors (Lipinski definition) is 1. The van der Waals surface area contributed by atoms with Gasteiger partial charge in [-0.15, -0.1) is 0 Å². The van der Waals surface area contributed by atoms with Crippen molar-refractivity contribution in [2.75, 3.05) is 13.2 Å². The van der Waals surface area contributed by atoms with Crippen molar-refractivity contribution in [1.82, 2.24) is 15.1 Å². The van der Waals surface area contributed by atoms with Gasteiger partial charge in [-0.1, -0.05) is 20.3 Å². The number of ether oxygens (including phenoxy) is 1. The summed E-state index contributed by atoms with van der Waals surface area (Å²) in [5.74, 6) is 2.57. The number of nitrogens with zero attached hydrogens (tertiary/aromatic N) is 2. The molecule has 2 aliphatic heterocycles. The monoisotopic (exact) mass is 357 g/mol. The molecule has 0 radical (unpaired) electrons. The van der Waals surface area contributed by atoms with Crippen LogP contribution >= 0.6 is 0 Å². The number of furan rings is 1. The number of aromatic nitrogens is 2. The molecule has 26 heavy (non-hydrogen) atoms. The number of H-pyrrole nitrogens is 1. The molecule has 0 spiro atoms. The van der Waals surface area contributed by atoms with Gasteiger partial charge in [0.15, 0.2) is 0 Å². The third-order valence-electron chi connectivity index (χ3n) is 5.79. The van der Waals surface area contributed by atoms with Crippen LogP contribution in [0.1, 0.15) is 86.4 Å². The van der Waals surface area contributed by atoms with Crippen molar-refractivity contribution in [3.05, 3.63) is 40.6 Å². The first-order valence-electron chi connectivity index (χ1n) is 10.2. The number of nitrogens with one attached hydrogen (secondary N) is 1. The van der Waals surface area contributed by atoms with Crippen LogP contribution in [0.25, 0.3) is 0 Å². The molecular weight excluding hydrogens is 326 g/mol. The summed E-state index contributed by atoms with van der Waals surface area (Å²) in [4.78, 5) is 2.48. The number of hydrogen-bond acceptors (Lipinski definition) is 4. The fraction of sp³-hybridized carbons (Fsp3) is 0.667. The van der Waals surface area contributed by atoms with Crippen molar-refractivity contribution in [2.45, 2.75) is 77.5 Å². The van der Waals surface area contributed by atoms with Gasteiger partial charge in [0.1, 0.15) is 17.6 Å². The molecule has 5 heteroatoms. The number of aromatic amines is 1. The van der Waals surface area contributed by atoms with Crippen LogP contribution in [-0.2, 0) is 24.2 Å². The zero-order valence-electron chi connectivity index (χ0n) is 16.1. The Morgan fingerprint density at radius 1 is 1.35 bits per heavy atom. The molecule has 0 aliphatic carbocycles. The smallest absolute Gasteiger partial charge is 0.133 e. The van der Waals surface area contributed by atoms with Crippen molar-refractivity contribution >= 4 is 0 Å². The standard InChI is InChI=1S/C21H31N3O2/c1-3-6-15(2)21-17-14-24(11-10-18(17)22-23-21)13-16-8-9-20(26-16)19-7-4-5-12-25-19/h8-9,15,19H,3-7,10-14H2,1-2H3,(H,22,23)/t15-,19+/m1/s1. The molecular formula is C21H31N3O2. The SMILES string of the molecule is CCC[C@@H](C)c1n[nH]c2c1CN(Cc1ccc([C@@H]3CCCCO3)o1)CC2. The van der Waals surface area contributed by atoms with Gasteiger partial charge in [0, 0.05) is 43.3 Å². The Hall–Kier alpha value is -1.59. The van der Waals surface area contributed by atoms with Crippen molar-refractivity contribution in [2.24, 2.45) is 0 Å². The summed E-state index contributed by atoms with van der Waals surface area (Å²) in [6.45, 7) is 8.26. The Balaban J connectivity index is 1.41. The van der Waals surface area contributed by atoms with Crippen LogP contribution in [-0.4, -0.2) is 28.2 Å². The highest BCUT2D eigenvalue weighted by atomic mass is 16.5. The summed E-state index contributed by atoms with van der Waals surface area (Å²) in [5.41, 5.74) is 4.01. The molecule has 1 saturated heterocycles. The van der Waals surface area contributed by atoms with Crippen LogP contribution in [0.15, 0.2) is 16.5 Å². The van der Waals surface area contributed by atoms with Crippen molar-refractivity contribution < 1.29 is 9.15 Å². The molecule has 0 aromatic carbocycles. The van der Waals surface area contributed by atoms with Crippen molar-refractivity contribution in [3.63, 3.8) is 0 Å². The molecule has 5 nitrogen and oxygen atoms in total. The summed E-state index contributed by atoms with van der Waals surface area (Å²) in [5, 5.41) is 7.91. The second-order valence-corrected chi connectivity index (χ2v) is 7.88. The highest BCUT2D eigenvalue weighted by Crippen LogP contribution is 2.31. The molecule has 2 aliphatic rings. The van der Waals surface area contributed by atoms with E-state index >= 15 is 0 Å². The molecule has 0 saturated carbocycles. The second-order valence-electron chi connectivity index (χ2n) is 7.88. The van der Waals surface area contributed by atoms with E-state index in [1.165, 1.54) is 42.6 Å². The topological polar surface area (TPSA) is 54.3 Å². The van der Waals surface area contributed by atoms with Gasteiger partial charge < -0.3 is 9.15 Å². The minimum atomic E-state index is 0.154. The fourth-order valence-corrected chi connectivity index (χ4v) is 4.32. The zero-order chi connectivity index (χ0) is 17.9. The molecule has 1 N–H and O–H groups in total. The van der Waals surface area contributed by atoms with E-state index in [2.05, 4.69) is 41.1 Å². The maximum absolute atomic E-state index is 6.12. The van der Waals surface area contributed by atoms with Gasteiger partial charge in [-0.2, -0.15) is 5.10 Å². The lowest BCUT2D eigenvalue weighted by Crippen LogP contribution is -2.30. The van der Waals surface area contributed by atoms with Gasteiger partial charge >= 0.3 is 0 Å². The van der Waals surface area contributed by atoms with E-state index in [1.807, 2.05) is 0 Å². The van der Waals surface area contributed by atoms with Crippen LogP contribution in [0.3, 0.4) is 0 Å². The zero-order valence-corrected chi connectivity index (χ0v) is 16.1. The van der Waals surface area contributed by atoms with Gasteiger partial charge in [-0.25, -0.2) is 0 Å². The molecule has 2 aromatic rings. The van der Waals surface area contributed by atoms with E-state index in [0.717, 1.165) is 50.6 Å². The minimum Gasteiger partial charge on any atom is -0.462 e. The third kappa shape index (κ3) is 3.74. The van der Waals surface area contributed by atoms with Gasteiger partial charge in [0.2, 0.25) is 0 Å². The molecule has 1 fully saturated rings. The highest BCUT2D eigenvalue weighted by Gasteiger charge is 2.25. The Morgan fingerprint density at radius 2 is 2.27 bits per heavy atom. The molecule has 4 heterocycles. The first kappa shape index (κ1) is 17.8. The first-order chi connectivity index (χ1) is 12.7. The molecule has 0 unspecified atom stereocenters. The molecule has 2 atom stereocenters. The van der Waals surface area contributed by atoms with E-state index in [4.69, 9.17) is 9.15 Å². The summed E-state index contributed by atoms with van der Waals surface area (Å²) >= 11 is 0. The van der Waals surface area contributed by atoms with E-state index in [9.17, 15) is 0 Å². The van der Waals surface area contributed by atoms with Crippen LogP contribution in [0.5, 0.6) is 0 Å². The van der Waals surface area contributed by atoms with E-state index < -0.39 is 0 Å². The van der Waals surface area contributed by atoms with Crippen molar-refractivity contribution in [1.29, 1.82) is 0 Å². The summed E-state index contributed by atoms with van der Waals surface area (Å²) < 4.78 is 12.0. The van der Waals surface area contributed by atoms with Crippen LogP contribution < -0.4 is 0 Å². The Kier molecular flexibility index (Phi) is 5.46. The highest BCUT2D eigenvalue weighted by molar-refractivity contribution is 5.30. The maximum atomic E-state index is 6.12. The normalized spacial score (nSPS) is 22.3. The Morgan fingerprint density at radius 3 is 3.08 bits per heavy atom. The average molecular weight is 357 g/mol. The van der Waals surface area contributed by atoms with Crippen molar-refractivity contribution in [3.8, 4) is 0 Å². The second kappa shape index (κ2) is 7.97. The van der Waals surface area contributed by atoms with E-state index in [1.54, 1.807) is 0 Å². The largest absolute Gasteiger partial charge is 0.462 e.